The predicted molar refractivity (Wildman–Crippen MR) is 145 cm³/mol. The Morgan fingerprint density at radius 3 is 2.67 bits per heavy atom. The van der Waals surface area contributed by atoms with Gasteiger partial charge in [-0.05, 0) is 56.2 Å². The lowest BCUT2D eigenvalue weighted by Crippen LogP contribution is -2.13. The number of methoxy groups -OCH3 is 1. The summed E-state index contributed by atoms with van der Waals surface area (Å²) >= 11 is 13.0. The van der Waals surface area contributed by atoms with E-state index >= 15 is 0 Å². The number of rotatable bonds is 12. The molecular formula is C27H26Cl2N4O6. The summed E-state index contributed by atoms with van der Waals surface area (Å²) < 4.78 is 24.4. The standard InChI is InChI=1S/C27H26Cl2N4O6/c1-27(7-8-27)39-26-23-25(30-15-31-26)33(13-16-11-17(28)3-6-21(16)36-2)24(32-23)19-5-4-18(12-20(19)29)38-10-9-37-14-22(34)35/h3-6,11-12,15H,7-10,13-14H2,1-2H3,(H,34,35). The first kappa shape index (κ1) is 27.0. The number of fused-ring (bicyclic) bond motifs is 1. The number of nitrogens with zero attached hydrogens (tertiary/aromatic N) is 4. The molecule has 0 unspecified atom stereocenters. The molecule has 4 aromatic rings. The molecule has 1 N–H and O–H groups in total. The zero-order valence-electron chi connectivity index (χ0n) is 21.3. The SMILES string of the molecule is COc1ccc(Cl)cc1Cn1c(-c2ccc(OCCOCC(=O)O)cc2Cl)nc2c(OC3(C)CC3)ncnc21. The molecule has 0 amide bonds. The minimum Gasteiger partial charge on any atom is -0.496 e. The van der Waals surface area contributed by atoms with Gasteiger partial charge < -0.3 is 28.6 Å². The average molecular weight is 573 g/mol. The van der Waals surface area contributed by atoms with Crippen molar-refractivity contribution in [2.45, 2.75) is 31.9 Å². The van der Waals surface area contributed by atoms with Crippen LogP contribution in [-0.4, -0.2) is 63.1 Å². The molecule has 0 aliphatic heterocycles. The monoisotopic (exact) mass is 572 g/mol. The van der Waals surface area contributed by atoms with E-state index in [1.165, 1.54) is 6.33 Å². The molecule has 1 fully saturated rings. The van der Waals surface area contributed by atoms with Gasteiger partial charge in [-0.15, -0.1) is 0 Å². The van der Waals surface area contributed by atoms with Gasteiger partial charge in [-0.3, -0.25) is 0 Å². The Morgan fingerprint density at radius 1 is 1.13 bits per heavy atom. The Kier molecular flexibility index (Phi) is 7.79. The summed E-state index contributed by atoms with van der Waals surface area (Å²) in [6.45, 7) is 2.30. The molecule has 39 heavy (non-hydrogen) atoms. The lowest BCUT2D eigenvalue weighted by Gasteiger charge is -2.14. The molecule has 2 aromatic carbocycles. The van der Waals surface area contributed by atoms with Gasteiger partial charge in [0.05, 0.1) is 25.3 Å². The summed E-state index contributed by atoms with van der Waals surface area (Å²) in [6, 6.07) is 10.7. The van der Waals surface area contributed by atoms with Gasteiger partial charge in [0.2, 0.25) is 5.88 Å². The van der Waals surface area contributed by atoms with E-state index in [1.54, 1.807) is 31.4 Å². The molecule has 0 bridgehead atoms. The third kappa shape index (κ3) is 6.19. The van der Waals surface area contributed by atoms with Gasteiger partial charge in [0.25, 0.3) is 0 Å². The number of carboxylic acid groups (broad SMARTS) is 1. The molecule has 2 heterocycles. The lowest BCUT2D eigenvalue weighted by molar-refractivity contribution is -0.142. The van der Waals surface area contributed by atoms with Crippen molar-refractivity contribution in [3.8, 4) is 28.8 Å². The minimum absolute atomic E-state index is 0.128. The van der Waals surface area contributed by atoms with Crippen LogP contribution in [0.25, 0.3) is 22.6 Å². The summed E-state index contributed by atoms with van der Waals surface area (Å²) in [5, 5.41) is 9.64. The molecule has 1 aliphatic rings. The van der Waals surface area contributed by atoms with Gasteiger partial charge in [0, 0.05) is 16.1 Å². The fourth-order valence-electron chi connectivity index (χ4n) is 4.04. The highest BCUT2D eigenvalue weighted by Crippen LogP contribution is 2.41. The summed E-state index contributed by atoms with van der Waals surface area (Å²) in [5.74, 6) is 1.11. The average Bonchev–Trinajstić information content (AvgIpc) is 3.51. The van der Waals surface area contributed by atoms with Crippen LogP contribution < -0.4 is 14.2 Å². The van der Waals surface area contributed by atoms with E-state index in [2.05, 4.69) is 9.97 Å². The van der Waals surface area contributed by atoms with E-state index in [1.807, 2.05) is 23.6 Å². The zero-order valence-corrected chi connectivity index (χ0v) is 22.8. The number of carbonyl (C=O) groups is 1. The van der Waals surface area contributed by atoms with Gasteiger partial charge in [-0.1, -0.05) is 23.2 Å². The van der Waals surface area contributed by atoms with Crippen LogP contribution in [-0.2, 0) is 16.1 Å². The van der Waals surface area contributed by atoms with Crippen molar-refractivity contribution in [2.75, 3.05) is 26.9 Å². The molecule has 204 valence electrons. The highest BCUT2D eigenvalue weighted by molar-refractivity contribution is 6.33. The molecular weight excluding hydrogens is 547 g/mol. The number of benzene rings is 2. The van der Waals surface area contributed by atoms with E-state index in [9.17, 15) is 4.79 Å². The zero-order chi connectivity index (χ0) is 27.6. The Bertz CT molecular complexity index is 1520. The van der Waals surface area contributed by atoms with Gasteiger partial charge >= 0.3 is 5.97 Å². The number of ether oxygens (including phenoxy) is 4. The molecule has 1 aliphatic carbocycles. The number of hydrogen-bond donors (Lipinski definition) is 1. The molecule has 0 radical (unpaired) electrons. The number of halogens is 2. The molecule has 0 spiro atoms. The first-order chi connectivity index (χ1) is 18.8. The number of imidazole rings is 1. The second-order valence-corrected chi connectivity index (χ2v) is 10.2. The van der Waals surface area contributed by atoms with Crippen molar-refractivity contribution in [1.29, 1.82) is 0 Å². The highest BCUT2D eigenvalue weighted by atomic mass is 35.5. The fourth-order valence-corrected chi connectivity index (χ4v) is 4.49. The third-order valence-electron chi connectivity index (χ3n) is 6.27. The van der Waals surface area contributed by atoms with Gasteiger partial charge in [0.1, 0.15) is 42.5 Å². The van der Waals surface area contributed by atoms with Crippen molar-refractivity contribution in [3.63, 3.8) is 0 Å². The van der Waals surface area contributed by atoms with Gasteiger partial charge in [-0.25, -0.2) is 14.8 Å². The maximum Gasteiger partial charge on any atom is 0.329 e. The van der Waals surface area contributed by atoms with Crippen molar-refractivity contribution in [1.82, 2.24) is 19.5 Å². The van der Waals surface area contributed by atoms with Crippen LogP contribution in [0.3, 0.4) is 0 Å². The minimum atomic E-state index is -1.04. The first-order valence-corrected chi connectivity index (χ1v) is 13.0. The molecule has 5 rings (SSSR count). The van der Waals surface area contributed by atoms with Crippen LogP contribution in [0.15, 0.2) is 42.7 Å². The molecule has 12 heteroatoms. The summed E-state index contributed by atoms with van der Waals surface area (Å²) in [6.07, 6.45) is 3.35. The van der Waals surface area contributed by atoms with Crippen LogP contribution in [0.1, 0.15) is 25.3 Å². The number of aliphatic carboxylic acids is 1. The first-order valence-electron chi connectivity index (χ1n) is 12.2. The second kappa shape index (κ2) is 11.3. The maximum atomic E-state index is 10.6. The largest absolute Gasteiger partial charge is 0.496 e. The maximum absolute atomic E-state index is 10.6. The normalized spacial score (nSPS) is 13.8. The van der Waals surface area contributed by atoms with Crippen molar-refractivity contribution in [2.24, 2.45) is 0 Å². The Balaban J connectivity index is 1.52. The highest BCUT2D eigenvalue weighted by Gasteiger charge is 2.41. The Hall–Kier alpha value is -3.60. The lowest BCUT2D eigenvalue weighted by atomic mass is 10.1. The van der Waals surface area contributed by atoms with E-state index in [0.717, 1.165) is 18.4 Å². The molecule has 0 atom stereocenters. The molecule has 2 aromatic heterocycles. The van der Waals surface area contributed by atoms with E-state index in [-0.39, 0.29) is 25.4 Å². The van der Waals surface area contributed by atoms with Crippen LogP contribution in [0.2, 0.25) is 10.0 Å². The second-order valence-electron chi connectivity index (χ2n) is 9.32. The van der Waals surface area contributed by atoms with Crippen LogP contribution in [0.5, 0.6) is 17.4 Å². The molecule has 1 saturated carbocycles. The number of carboxylic acids is 1. The summed E-state index contributed by atoms with van der Waals surface area (Å²) in [7, 11) is 1.60. The van der Waals surface area contributed by atoms with Gasteiger partial charge in [0.15, 0.2) is 11.2 Å². The van der Waals surface area contributed by atoms with E-state index < -0.39 is 5.97 Å². The van der Waals surface area contributed by atoms with Crippen molar-refractivity contribution < 1.29 is 28.8 Å². The van der Waals surface area contributed by atoms with Crippen LogP contribution in [0, 0.1) is 0 Å². The van der Waals surface area contributed by atoms with Crippen LogP contribution >= 0.6 is 23.2 Å². The van der Waals surface area contributed by atoms with Crippen molar-refractivity contribution in [3.05, 3.63) is 58.3 Å². The third-order valence-corrected chi connectivity index (χ3v) is 6.82. The quantitative estimate of drug-likeness (QED) is 0.226. The summed E-state index contributed by atoms with van der Waals surface area (Å²) in [5.41, 5.74) is 2.32. The molecule has 10 nitrogen and oxygen atoms in total. The van der Waals surface area contributed by atoms with E-state index in [0.29, 0.717) is 56.5 Å². The number of hydrogen-bond acceptors (Lipinski definition) is 8. The van der Waals surface area contributed by atoms with Crippen LogP contribution in [0.4, 0.5) is 0 Å². The Labute approximate surface area is 234 Å². The van der Waals surface area contributed by atoms with E-state index in [4.69, 9.17) is 52.2 Å². The number of aromatic nitrogens is 4. The fraction of sp³-hybridized carbons (Fsp3) is 0.333. The van der Waals surface area contributed by atoms with Crippen molar-refractivity contribution >= 4 is 40.3 Å². The summed E-state index contributed by atoms with van der Waals surface area (Å²) in [4.78, 5) is 24.4. The Morgan fingerprint density at radius 2 is 1.95 bits per heavy atom. The molecule has 0 saturated heterocycles. The predicted octanol–water partition coefficient (Wildman–Crippen LogP) is 5.27. The van der Waals surface area contributed by atoms with Gasteiger partial charge in [-0.2, -0.15) is 4.98 Å². The topological polar surface area (TPSA) is 118 Å². The smallest absolute Gasteiger partial charge is 0.329 e.